The van der Waals surface area contributed by atoms with Gasteiger partial charge in [-0.05, 0) is 43.9 Å². The van der Waals surface area contributed by atoms with Crippen molar-refractivity contribution in [1.82, 2.24) is 19.6 Å². The molecule has 1 aliphatic carbocycles. The van der Waals surface area contributed by atoms with Gasteiger partial charge < -0.3 is 11.1 Å². The number of anilines is 1. The van der Waals surface area contributed by atoms with Crippen molar-refractivity contribution in [2.45, 2.75) is 32.7 Å². The molecular weight excluding hydrogens is 376 g/mol. The first-order chi connectivity index (χ1) is 14.6. The minimum atomic E-state index is -0.519. The Bertz CT molecular complexity index is 1260. The number of aryl methyl sites for hydroxylation is 2. The molecule has 7 nitrogen and oxygen atoms in total. The first-order valence-corrected chi connectivity index (χ1v) is 10.1. The Hall–Kier alpha value is -3.74. The number of carbonyl (C=O) groups is 1. The van der Waals surface area contributed by atoms with Crippen molar-refractivity contribution in [3.8, 4) is 11.4 Å². The lowest BCUT2D eigenvalue weighted by Gasteiger charge is -2.12. The van der Waals surface area contributed by atoms with Gasteiger partial charge in [-0.1, -0.05) is 36.4 Å². The van der Waals surface area contributed by atoms with Crippen LogP contribution in [-0.2, 0) is 19.4 Å². The summed E-state index contributed by atoms with van der Waals surface area (Å²) in [7, 11) is 0. The lowest BCUT2D eigenvalue weighted by Crippen LogP contribution is -2.15. The van der Waals surface area contributed by atoms with Crippen LogP contribution in [0.15, 0.2) is 48.5 Å². The maximum atomic E-state index is 11.8. The number of hydrogen-bond acceptors (Lipinski definition) is 5. The molecule has 0 saturated carbocycles. The summed E-state index contributed by atoms with van der Waals surface area (Å²) >= 11 is 0. The number of amides is 1. The van der Waals surface area contributed by atoms with E-state index in [2.05, 4.69) is 22.5 Å². The van der Waals surface area contributed by atoms with Crippen LogP contribution in [-0.4, -0.2) is 25.5 Å². The highest BCUT2D eigenvalue weighted by molar-refractivity contribution is 5.93. The van der Waals surface area contributed by atoms with E-state index >= 15 is 0 Å². The molecule has 150 valence electrons. The van der Waals surface area contributed by atoms with E-state index in [1.165, 1.54) is 11.1 Å². The van der Waals surface area contributed by atoms with Gasteiger partial charge in [0.2, 0.25) is 0 Å². The molecule has 1 aliphatic rings. The van der Waals surface area contributed by atoms with Crippen LogP contribution in [0.1, 0.15) is 39.4 Å². The van der Waals surface area contributed by atoms with Gasteiger partial charge >= 0.3 is 0 Å². The highest BCUT2D eigenvalue weighted by Gasteiger charge is 2.23. The Morgan fingerprint density at radius 1 is 1.10 bits per heavy atom. The predicted molar refractivity (Wildman–Crippen MR) is 115 cm³/mol. The van der Waals surface area contributed by atoms with E-state index in [9.17, 15) is 4.79 Å². The number of benzene rings is 1. The third-order valence-corrected chi connectivity index (χ3v) is 5.54. The standard InChI is InChI=1S/C23H22N6O/c1-14-20(18-11-6-12-19(21(24)30)29(18)28-14)23-26-17-10-5-9-16(17)22(27-23)25-13-15-7-3-2-4-8-15/h2-4,6-8,11-12H,5,9-10,13H2,1H3,(H2,24,30)(H,25,26,27). The number of hydrogen-bond donors (Lipinski definition) is 2. The normalized spacial score (nSPS) is 12.8. The fourth-order valence-corrected chi connectivity index (χ4v) is 4.12. The zero-order valence-electron chi connectivity index (χ0n) is 16.7. The summed E-state index contributed by atoms with van der Waals surface area (Å²) in [5, 5.41) is 8.05. The molecule has 0 bridgehead atoms. The summed E-state index contributed by atoms with van der Waals surface area (Å²) in [4.78, 5) is 21.6. The molecule has 30 heavy (non-hydrogen) atoms. The van der Waals surface area contributed by atoms with E-state index in [0.717, 1.165) is 47.5 Å². The van der Waals surface area contributed by atoms with Crippen LogP contribution in [0.2, 0.25) is 0 Å². The number of pyridine rings is 1. The molecule has 0 radical (unpaired) electrons. The topological polar surface area (TPSA) is 98.2 Å². The summed E-state index contributed by atoms with van der Waals surface area (Å²) in [6.45, 7) is 2.60. The van der Waals surface area contributed by atoms with E-state index in [-0.39, 0.29) is 0 Å². The van der Waals surface area contributed by atoms with E-state index in [1.807, 2.05) is 37.3 Å². The highest BCUT2D eigenvalue weighted by atomic mass is 16.1. The van der Waals surface area contributed by atoms with Crippen molar-refractivity contribution in [2.24, 2.45) is 5.73 Å². The van der Waals surface area contributed by atoms with Crippen LogP contribution < -0.4 is 11.1 Å². The first-order valence-electron chi connectivity index (χ1n) is 10.1. The molecule has 0 fully saturated rings. The quantitative estimate of drug-likeness (QED) is 0.537. The molecule has 0 spiro atoms. The van der Waals surface area contributed by atoms with Crippen molar-refractivity contribution < 1.29 is 4.79 Å². The molecular formula is C23H22N6O. The molecule has 0 saturated heterocycles. The molecule has 5 rings (SSSR count). The molecule has 1 amide bonds. The van der Waals surface area contributed by atoms with Crippen LogP contribution in [0.3, 0.4) is 0 Å². The molecule has 0 atom stereocenters. The minimum Gasteiger partial charge on any atom is -0.366 e. The predicted octanol–water partition coefficient (Wildman–Crippen LogP) is 3.30. The summed E-state index contributed by atoms with van der Waals surface area (Å²) in [6.07, 6.45) is 3.00. The molecule has 1 aromatic carbocycles. The number of nitrogens with zero attached hydrogens (tertiary/aromatic N) is 4. The van der Waals surface area contributed by atoms with Crippen LogP contribution in [0.4, 0.5) is 5.82 Å². The van der Waals surface area contributed by atoms with E-state index in [4.69, 9.17) is 15.7 Å². The lowest BCUT2D eigenvalue weighted by atomic mass is 10.1. The summed E-state index contributed by atoms with van der Waals surface area (Å²) < 4.78 is 1.58. The van der Waals surface area contributed by atoms with Gasteiger partial charge in [-0.25, -0.2) is 14.5 Å². The second-order valence-electron chi connectivity index (χ2n) is 7.55. The van der Waals surface area contributed by atoms with Gasteiger partial charge in [0.15, 0.2) is 5.82 Å². The third-order valence-electron chi connectivity index (χ3n) is 5.54. The van der Waals surface area contributed by atoms with Gasteiger partial charge in [-0.3, -0.25) is 4.79 Å². The van der Waals surface area contributed by atoms with Crippen LogP contribution in [0.5, 0.6) is 0 Å². The zero-order valence-corrected chi connectivity index (χ0v) is 16.7. The van der Waals surface area contributed by atoms with E-state index in [1.54, 1.807) is 10.6 Å². The smallest absolute Gasteiger partial charge is 0.267 e. The van der Waals surface area contributed by atoms with Gasteiger partial charge in [0.25, 0.3) is 5.91 Å². The van der Waals surface area contributed by atoms with E-state index in [0.29, 0.717) is 18.1 Å². The van der Waals surface area contributed by atoms with Gasteiger partial charge in [-0.2, -0.15) is 5.10 Å². The largest absolute Gasteiger partial charge is 0.366 e. The number of rotatable bonds is 5. The average molecular weight is 398 g/mol. The van der Waals surface area contributed by atoms with Crippen LogP contribution >= 0.6 is 0 Å². The number of carbonyl (C=O) groups excluding carboxylic acids is 1. The van der Waals surface area contributed by atoms with Crippen LogP contribution in [0.25, 0.3) is 16.9 Å². The second kappa shape index (κ2) is 7.26. The lowest BCUT2D eigenvalue weighted by molar-refractivity contribution is 0.0993. The molecule has 3 heterocycles. The highest BCUT2D eigenvalue weighted by Crippen LogP contribution is 2.32. The minimum absolute atomic E-state index is 0.338. The Kier molecular flexibility index (Phi) is 4.43. The third kappa shape index (κ3) is 3.08. The maximum absolute atomic E-state index is 11.8. The van der Waals surface area contributed by atoms with Crippen molar-refractivity contribution in [2.75, 3.05) is 5.32 Å². The van der Waals surface area contributed by atoms with Crippen molar-refractivity contribution >= 4 is 17.2 Å². The van der Waals surface area contributed by atoms with Gasteiger partial charge in [0, 0.05) is 17.8 Å². The Morgan fingerprint density at radius 3 is 2.73 bits per heavy atom. The molecule has 4 aromatic rings. The molecule has 3 N–H and O–H groups in total. The molecule has 0 aliphatic heterocycles. The first kappa shape index (κ1) is 18.3. The van der Waals surface area contributed by atoms with Gasteiger partial charge in [0.05, 0.1) is 16.8 Å². The Morgan fingerprint density at radius 2 is 1.93 bits per heavy atom. The average Bonchev–Trinajstić information content (AvgIpc) is 3.35. The van der Waals surface area contributed by atoms with Crippen molar-refractivity contribution in [1.29, 1.82) is 0 Å². The van der Waals surface area contributed by atoms with E-state index < -0.39 is 5.91 Å². The second-order valence-corrected chi connectivity index (χ2v) is 7.55. The summed E-state index contributed by atoms with van der Waals surface area (Å²) in [6, 6.07) is 15.7. The maximum Gasteiger partial charge on any atom is 0.267 e. The number of aromatic nitrogens is 4. The Balaban J connectivity index is 1.61. The summed E-state index contributed by atoms with van der Waals surface area (Å²) in [5.41, 5.74) is 11.7. The molecule has 7 heteroatoms. The number of fused-ring (bicyclic) bond motifs is 2. The molecule has 0 unspecified atom stereocenters. The zero-order chi connectivity index (χ0) is 20.7. The number of primary amides is 1. The SMILES string of the molecule is Cc1nn2c(C(N)=O)cccc2c1-c1nc2c(c(NCc3ccccc3)n1)CCC2. The number of nitrogens with one attached hydrogen (secondary N) is 1. The van der Waals surface area contributed by atoms with Gasteiger partial charge in [0.1, 0.15) is 11.5 Å². The fourth-order valence-electron chi connectivity index (χ4n) is 4.12. The fraction of sp³-hybridized carbons (Fsp3) is 0.217. The Labute approximate surface area is 174 Å². The van der Waals surface area contributed by atoms with Gasteiger partial charge in [-0.15, -0.1) is 0 Å². The monoisotopic (exact) mass is 398 g/mol. The van der Waals surface area contributed by atoms with Crippen LogP contribution in [0, 0.1) is 6.92 Å². The molecule has 3 aromatic heterocycles. The number of nitrogens with two attached hydrogens (primary N) is 1. The van der Waals surface area contributed by atoms with Crippen molar-refractivity contribution in [3.63, 3.8) is 0 Å². The van der Waals surface area contributed by atoms with Crippen molar-refractivity contribution in [3.05, 3.63) is 76.7 Å². The summed E-state index contributed by atoms with van der Waals surface area (Å²) in [5.74, 6) is 0.983.